The highest BCUT2D eigenvalue weighted by Crippen LogP contribution is 2.54. The third-order valence-electron chi connectivity index (χ3n) is 5.25. The molecule has 0 aromatic carbocycles. The lowest BCUT2D eigenvalue weighted by Gasteiger charge is -2.54. The number of aliphatic hydroxyl groups is 3. The van der Waals surface area contributed by atoms with Crippen molar-refractivity contribution in [3.05, 3.63) is 12.2 Å². The molecule has 0 aromatic rings. The van der Waals surface area contributed by atoms with E-state index in [0.29, 0.717) is 0 Å². The predicted molar refractivity (Wildman–Crippen MR) is 71.0 cm³/mol. The molecule has 0 amide bonds. The molecule has 0 radical (unpaired) electrons. The number of rotatable bonds is 1. The van der Waals surface area contributed by atoms with Crippen LogP contribution in [0.4, 0.5) is 0 Å². The zero-order valence-corrected chi connectivity index (χ0v) is 11.7. The maximum atomic E-state index is 10.6. The average molecular weight is 254 g/mol. The summed E-state index contributed by atoms with van der Waals surface area (Å²) in [5.74, 6) is -0.232. The van der Waals surface area contributed by atoms with Gasteiger partial charge in [0.2, 0.25) is 0 Å². The van der Waals surface area contributed by atoms with E-state index in [1.54, 1.807) is 13.8 Å². The van der Waals surface area contributed by atoms with Crippen molar-refractivity contribution < 1.29 is 15.3 Å². The first-order chi connectivity index (χ1) is 8.17. The van der Waals surface area contributed by atoms with E-state index in [-0.39, 0.29) is 17.3 Å². The van der Waals surface area contributed by atoms with Crippen molar-refractivity contribution in [1.29, 1.82) is 0 Å². The van der Waals surface area contributed by atoms with Gasteiger partial charge in [-0.2, -0.15) is 0 Å². The van der Waals surface area contributed by atoms with Crippen LogP contribution in [0.5, 0.6) is 0 Å². The molecule has 3 nitrogen and oxygen atoms in total. The molecule has 2 rings (SSSR count). The molecule has 0 aromatic heterocycles. The average Bonchev–Trinajstić information content (AvgIpc) is 2.22. The Morgan fingerprint density at radius 3 is 2.33 bits per heavy atom. The molecule has 2 saturated carbocycles. The third kappa shape index (κ3) is 2.13. The lowest BCUT2D eigenvalue weighted by molar-refractivity contribution is -0.129. The van der Waals surface area contributed by atoms with Gasteiger partial charge in [-0.3, -0.25) is 0 Å². The third-order valence-corrected chi connectivity index (χ3v) is 5.25. The van der Waals surface area contributed by atoms with E-state index >= 15 is 0 Å². The van der Waals surface area contributed by atoms with E-state index in [0.717, 1.165) is 31.3 Å². The van der Waals surface area contributed by atoms with Gasteiger partial charge in [-0.05, 0) is 50.5 Å². The molecule has 0 heterocycles. The van der Waals surface area contributed by atoms with Gasteiger partial charge in [0.15, 0.2) is 0 Å². The smallest absolute Gasteiger partial charge is 0.0751 e. The minimum Gasteiger partial charge on any atom is -0.392 e. The summed E-state index contributed by atoms with van der Waals surface area (Å²) < 4.78 is 0. The molecule has 2 aliphatic carbocycles. The van der Waals surface area contributed by atoms with Crippen LogP contribution in [-0.2, 0) is 0 Å². The topological polar surface area (TPSA) is 60.7 Å². The van der Waals surface area contributed by atoms with Crippen LogP contribution in [0, 0.1) is 17.3 Å². The van der Waals surface area contributed by atoms with Crippen molar-refractivity contribution in [2.75, 3.05) is 0 Å². The van der Waals surface area contributed by atoms with Crippen LogP contribution >= 0.6 is 0 Å². The number of hydrogen-bond acceptors (Lipinski definition) is 3. The lowest BCUT2D eigenvalue weighted by Crippen LogP contribution is -2.55. The minimum absolute atomic E-state index is 0.0253. The monoisotopic (exact) mass is 254 g/mol. The quantitative estimate of drug-likeness (QED) is 0.626. The molecule has 5 atom stereocenters. The first-order valence-corrected chi connectivity index (χ1v) is 6.94. The first-order valence-electron chi connectivity index (χ1n) is 6.94. The Morgan fingerprint density at radius 1 is 1.22 bits per heavy atom. The van der Waals surface area contributed by atoms with Crippen LogP contribution in [0.15, 0.2) is 12.2 Å². The second-order valence-corrected chi connectivity index (χ2v) is 7.05. The van der Waals surface area contributed by atoms with Crippen LogP contribution in [0.1, 0.15) is 46.5 Å². The second kappa shape index (κ2) is 4.32. The Hall–Kier alpha value is -0.380. The predicted octanol–water partition coefficient (Wildman–Crippen LogP) is 1.86. The van der Waals surface area contributed by atoms with Gasteiger partial charge in [0, 0.05) is 11.8 Å². The van der Waals surface area contributed by atoms with Gasteiger partial charge in [-0.25, -0.2) is 0 Å². The number of hydrogen-bond donors (Lipinski definition) is 3. The first kappa shape index (κ1) is 14.0. The molecule has 18 heavy (non-hydrogen) atoms. The van der Waals surface area contributed by atoms with Crippen molar-refractivity contribution in [1.82, 2.24) is 0 Å². The summed E-state index contributed by atoms with van der Waals surface area (Å²) in [4.78, 5) is 0. The van der Waals surface area contributed by atoms with E-state index in [9.17, 15) is 15.3 Å². The minimum atomic E-state index is -0.885. The fourth-order valence-corrected chi connectivity index (χ4v) is 4.03. The fraction of sp³-hybridized carbons (Fsp3) is 0.867. The summed E-state index contributed by atoms with van der Waals surface area (Å²) in [6.07, 6.45) is 2.37. The zero-order valence-electron chi connectivity index (χ0n) is 11.7. The van der Waals surface area contributed by atoms with Gasteiger partial charge >= 0.3 is 0 Å². The summed E-state index contributed by atoms with van der Waals surface area (Å²) in [5.41, 5.74) is -0.105. The Morgan fingerprint density at radius 2 is 1.78 bits per heavy atom. The maximum absolute atomic E-state index is 10.6. The van der Waals surface area contributed by atoms with Crippen LogP contribution in [0.3, 0.4) is 0 Å². The van der Waals surface area contributed by atoms with Gasteiger partial charge in [0.05, 0.1) is 17.8 Å². The molecule has 3 N–H and O–H groups in total. The van der Waals surface area contributed by atoms with Crippen molar-refractivity contribution in [3.8, 4) is 0 Å². The van der Waals surface area contributed by atoms with Crippen molar-refractivity contribution in [2.24, 2.45) is 17.3 Å². The summed E-state index contributed by atoms with van der Waals surface area (Å²) in [5, 5.41) is 30.8. The van der Waals surface area contributed by atoms with E-state index < -0.39 is 17.8 Å². The molecule has 3 heteroatoms. The molecule has 0 aliphatic heterocycles. The highest BCUT2D eigenvalue weighted by Gasteiger charge is 2.53. The Labute approximate surface area is 110 Å². The van der Waals surface area contributed by atoms with Crippen LogP contribution < -0.4 is 0 Å². The number of fused-ring (bicyclic) bond motifs is 1. The molecular weight excluding hydrogens is 228 g/mol. The summed E-state index contributed by atoms with van der Waals surface area (Å²) in [6.45, 7) is 9.69. The molecule has 0 spiro atoms. The normalized spacial score (nSPS) is 45.8. The lowest BCUT2D eigenvalue weighted by atomic mass is 9.53. The summed E-state index contributed by atoms with van der Waals surface area (Å²) >= 11 is 0. The molecular formula is C15H26O3. The number of aliphatic hydroxyl groups excluding tert-OH is 2. The molecule has 0 saturated heterocycles. The van der Waals surface area contributed by atoms with Gasteiger partial charge in [0.25, 0.3) is 0 Å². The fourth-order valence-electron chi connectivity index (χ4n) is 4.03. The molecule has 1 unspecified atom stereocenters. The second-order valence-electron chi connectivity index (χ2n) is 7.05. The van der Waals surface area contributed by atoms with Crippen molar-refractivity contribution >= 4 is 0 Å². The van der Waals surface area contributed by atoms with E-state index in [1.165, 1.54) is 0 Å². The molecule has 104 valence electrons. The van der Waals surface area contributed by atoms with Crippen LogP contribution in [-0.4, -0.2) is 33.1 Å². The van der Waals surface area contributed by atoms with Gasteiger partial charge in [0.1, 0.15) is 0 Å². The largest absolute Gasteiger partial charge is 0.392 e. The standard InChI is InChI=1S/C15H26O3/c1-9-11(16)6-8-15(4)7-5-10(14(2,3)18)13(17)12(9)15/h10-13,16-18H,1,5-8H2,2-4H3/t10-,11+,12?,13-,15+/m1/s1. The molecule has 2 fully saturated rings. The van der Waals surface area contributed by atoms with E-state index in [2.05, 4.69) is 13.5 Å². The molecule has 2 aliphatic rings. The van der Waals surface area contributed by atoms with Gasteiger partial charge in [-0.1, -0.05) is 13.5 Å². The maximum Gasteiger partial charge on any atom is 0.0751 e. The van der Waals surface area contributed by atoms with Crippen molar-refractivity contribution in [2.45, 2.75) is 64.3 Å². The van der Waals surface area contributed by atoms with E-state index in [4.69, 9.17) is 0 Å². The summed E-state index contributed by atoms with van der Waals surface area (Å²) in [7, 11) is 0. The highest BCUT2D eigenvalue weighted by atomic mass is 16.3. The van der Waals surface area contributed by atoms with E-state index in [1.807, 2.05) is 0 Å². The Kier molecular flexibility index (Phi) is 3.37. The summed E-state index contributed by atoms with van der Waals surface area (Å²) in [6, 6.07) is 0. The Balaban J connectivity index is 2.30. The van der Waals surface area contributed by atoms with Gasteiger partial charge < -0.3 is 15.3 Å². The van der Waals surface area contributed by atoms with Crippen LogP contribution in [0.25, 0.3) is 0 Å². The zero-order chi connectivity index (χ0) is 13.7. The van der Waals surface area contributed by atoms with Gasteiger partial charge in [-0.15, -0.1) is 0 Å². The highest BCUT2D eigenvalue weighted by molar-refractivity contribution is 5.20. The van der Waals surface area contributed by atoms with Crippen LogP contribution in [0.2, 0.25) is 0 Å². The molecule has 0 bridgehead atoms. The van der Waals surface area contributed by atoms with Crippen molar-refractivity contribution in [3.63, 3.8) is 0 Å². The Bertz CT molecular complexity index is 344. The SMILES string of the molecule is C=C1C2[C@H](O)[C@H](C(C)(C)O)CC[C@@]2(C)CC[C@@H]1O.